The summed E-state index contributed by atoms with van der Waals surface area (Å²) in [5, 5.41) is 3.53. The second-order valence-corrected chi connectivity index (χ2v) is 7.35. The molecule has 20 heavy (non-hydrogen) atoms. The Morgan fingerprint density at radius 2 is 2.10 bits per heavy atom. The largest absolute Gasteiger partial charge is 0.444 e. The predicted molar refractivity (Wildman–Crippen MR) is 82.9 cm³/mol. The van der Waals surface area contributed by atoms with Crippen molar-refractivity contribution in [3.8, 4) is 0 Å². The van der Waals surface area contributed by atoms with Crippen LogP contribution in [0.4, 0.5) is 4.79 Å². The van der Waals surface area contributed by atoms with Gasteiger partial charge in [-0.15, -0.1) is 0 Å². The van der Waals surface area contributed by atoms with E-state index in [2.05, 4.69) is 19.2 Å². The molecule has 1 aliphatic rings. The van der Waals surface area contributed by atoms with Crippen LogP contribution in [-0.4, -0.2) is 42.8 Å². The zero-order chi connectivity index (χ0) is 15.2. The zero-order valence-corrected chi connectivity index (χ0v) is 13.9. The smallest absolute Gasteiger partial charge is 0.410 e. The first-order chi connectivity index (χ1) is 9.26. The number of nitrogens with one attached hydrogen (secondary N) is 1. The molecule has 1 unspecified atom stereocenters. The average molecular weight is 284 g/mol. The fourth-order valence-corrected chi connectivity index (χ4v) is 2.63. The Hall–Kier alpha value is -0.770. The third kappa shape index (κ3) is 6.12. The summed E-state index contributed by atoms with van der Waals surface area (Å²) in [4.78, 5) is 14.0. The average Bonchev–Trinajstić information content (AvgIpc) is 2.33. The molecule has 1 atom stereocenters. The van der Waals surface area contributed by atoms with Gasteiger partial charge in [0.25, 0.3) is 0 Å². The number of hydrogen-bond acceptors (Lipinski definition) is 3. The van der Waals surface area contributed by atoms with E-state index >= 15 is 0 Å². The molecule has 1 rings (SSSR count). The summed E-state index contributed by atoms with van der Waals surface area (Å²) in [5.41, 5.74) is -0.243. The van der Waals surface area contributed by atoms with Crippen LogP contribution in [0.25, 0.3) is 0 Å². The number of rotatable bonds is 5. The molecule has 0 bridgehead atoms. The van der Waals surface area contributed by atoms with Gasteiger partial charge in [-0.2, -0.15) is 0 Å². The van der Waals surface area contributed by atoms with Crippen LogP contribution in [0.2, 0.25) is 0 Å². The van der Waals surface area contributed by atoms with Crippen LogP contribution >= 0.6 is 0 Å². The normalized spacial score (nSPS) is 23.8. The monoisotopic (exact) mass is 284 g/mol. The Balaban J connectivity index is 2.46. The fraction of sp³-hybridized carbons (Fsp3) is 0.938. The van der Waals surface area contributed by atoms with Gasteiger partial charge in [-0.1, -0.05) is 20.3 Å². The zero-order valence-electron chi connectivity index (χ0n) is 13.9. The first-order valence-corrected chi connectivity index (χ1v) is 7.94. The molecule has 118 valence electrons. The minimum Gasteiger partial charge on any atom is -0.444 e. The lowest BCUT2D eigenvalue weighted by Gasteiger charge is -2.41. The maximum atomic E-state index is 12.2. The molecule has 1 saturated heterocycles. The van der Waals surface area contributed by atoms with Gasteiger partial charge in [0, 0.05) is 19.6 Å². The van der Waals surface area contributed by atoms with Crippen molar-refractivity contribution in [2.45, 2.75) is 65.9 Å². The first-order valence-electron chi connectivity index (χ1n) is 7.94. The van der Waals surface area contributed by atoms with Crippen molar-refractivity contribution in [2.24, 2.45) is 5.41 Å². The highest BCUT2D eigenvalue weighted by atomic mass is 16.6. The van der Waals surface area contributed by atoms with E-state index in [9.17, 15) is 4.79 Å². The molecule has 0 aromatic carbocycles. The van der Waals surface area contributed by atoms with Gasteiger partial charge in [-0.3, -0.25) is 0 Å². The molecule has 1 amide bonds. The molecule has 4 nitrogen and oxygen atoms in total. The first kappa shape index (κ1) is 17.3. The van der Waals surface area contributed by atoms with Gasteiger partial charge in [0.05, 0.1) is 0 Å². The van der Waals surface area contributed by atoms with Crippen LogP contribution < -0.4 is 5.32 Å². The van der Waals surface area contributed by atoms with Crippen LogP contribution in [0.1, 0.15) is 60.3 Å². The van der Waals surface area contributed by atoms with E-state index in [1.54, 1.807) is 0 Å². The van der Waals surface area contributed by atoms with Gasteiger partial charge >= 0.3 is 6.09 Å². The van der Waals surface area contributed by atoms with Crippen molar-refractivity contribution in [3.05, 3.63) is 0 Å². The summed E-state index contributed by atoms with van der Waals surface area (Å²) < 4.78 is 5.48. The Bertz CT molecular complexity index is 312. The number of unbranched alkanes of at least 4 members (excludes halogenated alkanes) is 1. The van der Waals surface area contributed by atoms with E-state index in [4.69, 9.17) is 4.74 Å². The number of piperidine rings is 1. The number of ether oxygens (including phenoxy) is 1. The summed E-state index contributed by atoms with van der Waals surface area (Å²) >= 11 is 0. The highest BCUT2D eigenvalue weighted by molar-refractivity contribution is 5.68. The van der Waals surface area contributed by atoms with Crippen molar-refractivity contribution >= 4 is 6.09 Å². The minimum absolute atomic E-state index is 0.169. The number of carbonyl (C=O) groups is 1. The Kier molecular flexibility index (Phi) is 6.31. The Morgan fingerprint density at radius 3 is 2.70 bits per heavy atom. The second-order valence-electron chi connectivity index (χ2n) is 7.35. The third-order valence-corrected chi connectivity index (χ3v) is 3.69. The van der Waals surface area contributed by atoms with Gasteiger partial charge < -0.3 is 15.0 Å². The van der Waals surface area contributed by atoms with Crippen molar-refractivity contribution in [3.63, 3.8) is 0 Å². The molecule has 1 fully saturated rings. The number of nitrogens with zero attached hydrogens (tertiary/aromatic N) is 1. The lowest BCUT2D eigenvalue weighted by Crippen LogP contribution is -2.50. The van der Waals surface area contributed by atoms with Crippen LogP contribution in [0, 0.1) is 5.41 Å². The molecule has 4 heteroatoms. The van der Waals surface area contributed by atoms with E-state index in [0.29, 0.717) is 0 Å². The van der Waals surface area contributed by atoms with Crippen molar-refractivity contribution in [2.75, 3.05) is 26.2 Å². The Morgan fingerprint density at radius 1 is 1.40 bits per heavy atom. The highest BCUT2D eigenvalue weighted by Crippen LogP contribution is 2.29. The van der Waals surface area contributed by atoms with Crippen LogP contribution in [0.15, 0.2) is 0 Å². The summed E-state index contributed by atoms with van der Waals surface area (Å²) in [6.07, 6.45) is 4.49. The molecule has 0 aromatic heterocycles. The Labute approximate surface area is 124 Å². The molecule has 0 aliphatic carbocycles. The van der Waals surface area contributed by atoms with Crippen LogP contribution in [-0.2, 0) is 4.74 Å². The number of hydrogen-bond donors (Lipinski definition) is 1. The summed E-state index contributed by atoms with van der Waals surface area (Å²) in [5.74, 6) is 0. The maximum Gasteiger partial charge on any atom is 0.410 e. The van der Waals surface area contributed by atoms with E-state index in [-0.39, 0.29) is 11.5 Å². The third-order valence-electron chi connectivity index (χ3n) is 3.69. The van der Waals surface area contributed by atoms with Crippen LogP contribution in [0.3, 0.4) is 0 Å². The number of likely N-dealkylation sites (tertiary alicyclic amines) is 1. The molecular formula is C16H32N2O2. The van der Waals surface area contributed by atoms with Crippen molar-refractivity contribution < 1.29 is 9.53 Å². The molecule has 0 spiro atoms. The molecule has 1 heterocycles. The summed E-state index contributed by atoms with van der Waals surface area (Å²) in [6, 6.07) is 0. The van der Waals surface area contributed by atoms with Gasteiger partial charge in [0.2, 0.25) is 0 Å². The lowest BCUT2D eigenvalue weighted by atomic mass is 9.82. The molecule has 1 N–H and O–H groups in total. The van der Waals surface area contributed by atoms with E-state index < -0.39 is 5.60 Å². The van der Waals surface area contributed by atoms with Gasteiger partial charge in [-0.05, 0) is 52.0 Å². The molecule has 0 aromatic rings. The lowest BCUT2D eigenvalue weighted by molar-refractivity contribution is 0.00682. The fourth-order valence-electron chi connectivity index (χ4n) is 2.63. The van der Waals surface area contributed by atoms with Gasteiger partial charge in [-0.25, -0.2) is 4.79 Å². The van der Waals surface area contributed by atoms with Crippen molar-refractivity contribution in [1.82, 2.24) is 10.2 Å². The molecule has 0 saturated carbocycles. The quantitative estimate of drug-likeness (QED) is 0.787. The summed E-state index contributed by atoms with van der Waals surface area (Å²) in [6.45, 7) is 13.9. The van der Waals surface area contributed by atoms with E-state index in [1.807, 2.05) is 25.7 Å². The van der Waals surface area contributed by atoms with Crippen molar-refractivity contribution in [1.29, 1.82) is 0 Å². The predicted octanol–water partition coefficient (Wildman–Crippen LogP) is 3.41. The standard InChI is InChI=1S/C16H32N2O2/c1-6-7-10-17-12-16(5)9-8-11-18(13-16)14(19)20-15(2,3)4/h17H,6-13H2,1-5H3. The van der Waals surface area contributed by atoms with E-state index in [1.165, 1.54) is 19.3 Å². The van der Waals surface area contributed by atoms with E-state index in [0.717, 1.165) is 32.6 Å². The molecular weight excluding hydrogens is 252 g/mol. The topological polar surface area (TPSA) is 41.6 Å². The maximum absolute atomic E-state index is 12.2. The van der Waals surface area contributed by atoms with Crippen LogP contribution in [0.5, 0.6) is 0 Å². The van der Waals surface area contributed by atoms with Gasteiger partial charge in [0.1, 0.15) is 5.60 Å². The molecule has 0 radical (unpaired) electrons. The summed E-state index contributed by atoms with van der Waals surface area (Å²) in [7, 11) is 0. The second kappa shape index (κ2) is 7.30. The molecule has 1 aliphatic heterocycles. The minimum atomic E-state index is -0.412. The highest BCUT2D eigenvalue weighted by Gasteiger charge is 2.34. The number of amides is 1. The van der Waals surface area contributed by atoms with Gasteiger partial charge in [0.15, 0.2) is 0 Å². The number of carbonyl (C=O) groups excluding carboxylic acids is 1. The SMILES string of the molecule is CCCCNCC1(C)CCCN(C(=O)OC(C)(C)C)C1.